The number of hydrogen-bond acceptors (Lipinski definition) is 6. The lowest BCUT2D eigenvalue weighted by atomic mass is 10.0. The molecule has 0 saturated carbocycles. The smallest absolute Gasteiger partial charge is 0.414 e. The predicted octanol–water partition coefficient (Wildman–Crippen LogP) is 2.84. The number of ether oxygens (including phenoxy) is 2. The van der Waals surface area contributed by atoms with Crippen molar-refractivity contribution in [3.05, 3.63) is 28.2 Å². The average Bonchev–Trinajstić information content (AvgIpc) is 2.89. The molecule has 0 aromatic heterocycles. The Labute approximate surface area is 161 Å². The van der Waals surface area contributed by atoms with E-state index in [4.69, 9.17) is 9.47 Å². The van der Waals surface area contributed by atoms with Gasteiger partial charge in [0.2, 0.25) is 0 Å². The van der Waals surface area contributed by atoms with Gasteiger partial charge in [-0.25, -0.2) is 13.2 Å². The monoisotopic (exact) mass is 447 g/mol. The van der Waals surface area contributed by atoms with Crippen molar-refractivity contribution < 1.29 is 27.5 Å². The summed E-state index contributed by atoms with van der Waals surface area (Å²) in [5.74, 6) is -0.837. The summed E-state index contributed by atoms with van der Waals surface area (Å²) in [7, 11) is -3.78. The minimum absolute atomic E-state index is 0.0681. The number of carbonyl (C=O) groups is 2. The maximum atomic E-state index is 12.3. The Morgan fingerprint density at radius 3 is 2.65 bits per heavy atom. The van der Waals surface area contributed by atoms with Crippen molar-refractivity contribution in [1.82, 2.24) is 0 Å². The van der Waals surface area contributed by atoms with Gasteiger partial charge in [-0.1, -0.05) is 15.9 Å². The molecule has 1 aliphatic rings. The lowest BCUT2D eigenvalue weighted by Crippen LogP contribution is -2.47. The van der Waals surface area contributed by atoms with E-state index in [9.17, 15) is 18.0 Å². The molecule has 9 heteroatoms. The van der Waals surface area contributed by atoms with Gasteiger partial charge < -0.3 is 9.47 Å². The van der Waals surface area contributed by atoms with Gasteiger partial charge in [0.05, 0.1) is 13.2 Å². The Morgan fingerprint density at radius 1 is 1.46 bits per heavy atom. The number of amides is 1. The van der Waals surface area contributed by atoms with Crippen LogP contribution in [0, 0.1) is 6.92 Å². The summed E-state index contributed by atoms with van der Waals surface area (Å²) in [6.45, 7) is 5.03. The van der Waals surface area contributed by atoms with Gasteiger partial charge in [0.25, 0.3) is 0 Å². The van der Waals surface area contributed by atoms with Gasteiger partial charge in [-0.2, -0.15) is 0 Å². The highest BCUT2D eigenvalue weighted by atomic mass is 79.9. The highest BCUT2D eigenvalue weighted by Gasteiger charge is 2.49. The zero-order valence-corrected chi connectivity index (χ0v) is 17.5. The highest BCUT2D eigenvalue weighted by molar-refractivity contribution is 9.10. The molecule has 0 radical (unpaired) electrons. The summed E-state index contributed by atoms with van der Waals surface area (Å²) >= 11 is 3.40. The fourth-order valence-corrected chi connectivity index (χ4v) is 3.84. The largest absolute Gasteiger partial charge is 0.465 e. The molecule has 0 N–H and O–H groups in total. The maximum absolute atomic E-state index is 12.3. The number of rotatable bonds is 6. The molecule has 1 aromatic carbocycles. The van der Waals surface area contributed by atoms with Crippen LogP contribution in [0.1, 0.15) is 25.8 Å². The number of cyclic esters (lactones) is 1. The number of hydrogen-bond donors (Lipinski definition) is 0. The van der Waals surface area contributed by atoms with E-state index in [2.05, 4.69) is 15.9 Å². The number of sulfone groups is 1. The second-order valence-corrected chi connectivity index (χ2v) is 9.78. The molecule has 2 rings (SSSR count). The fourth-order valence-electron chi connectivity index (χ4n) is 2.74. The summed E-state index contributed by atoms with van der Waals surface area (Å²) in [5, 5.41) is 0. The minimum atomic E-state index is -3.78. The van der Waals surface area contributed by atoms with E-state index >= 15 is 0 Å². The van der Waals surface area contributed by atoms with Crippen LogP contribution in [0.2, 0.25) is 0 Å². The lowest BCUT2D eigenvalue weighted by Gasteiger charge is -2.27. The first kappa shape index (κ1) is 20.7. The molecular weight excluding hydrogens is 426 g/mol. The standard InChI is InChI=1S/C17H22BrNO6S/c1-5-24-15(20)17(3,26(4,22)23)9-13-10-19(16(21)25-13)12-6-7-14(18)11(2)8-12/h6-8,13H,5,9-10H2,1-4H3. The lowest BCUT2D eigenvalue weighted by molar-refractivity contribution is -0.146. The van der Waals surface area contributed by atoms with E-state index in [1.165, 1.54) is 11.8 Å². The second-order valence-electron chi connectivity index (χ2n) is 6.48. The normalized spacial score (nSPS) is 19.8. The van der Waals surface area contributed by atoms with E-state index in [-0.39, 0.29) is 19.6 Å². The zero-order valence-electron chi connectivity index (χ0n) is 15.1. The van der Waals surface area contributed by atoms with Gasteiger partial charge in [-0.15, -0.1) is 0 Å². The molecule has 0 aliphatic carbocycles. The Bertz CT molecular complexity index is 825. The van der Waals surface area contributed by atoms with Gasteiger partial charge in [0.1, 0.15) is 6.10 Å². The van der Waals surface area contributed by atoms with Gasteiger partial charge >= 0.3 is 12.1 Å². The predicted molar refractivity (Wildman–Crippen MR) is 101 cm³/mol. The van der Waals surface area contributed by atoms with E-state index in [1.807, 2.05) is 19.1 Å². The summed E-state index contributed by atoms with van der Waals surface area (Å²) in [4.78, 5) is 25.9. The number of esters is 1. The number of anilines is 1. The van der Waals surface area contributed by atoms with E-state index < -0.39 is 32.8 Å². The zero-order chi connectivity index (χ0) is 19.7. The maximum Gasteiger partial charge on any atom is 0.414 e. The van der Waals surface area contributed by atoms with Crippen LogP contribution < -0.4 is 4.90 Å². The summed E-state index contributed by atoms with van der Waals surface area (Å²) in [6, 6.07) is 5.42. The molecule has 1 heterocycles. The Hall–Kier alpha value is -1.61. The average molecular weight is 448 g/mol. The summed E-state index contributed by atoms with van der Waals surface area (Å²) < 4.78 is 33.8. The minimum Gasteiger partial charge on any atom is -0.465 e. The van der Waals surface area contributed by atoms with Crippen molar-refractivity contribution in [2.24, 2.45) is 0 Å². The van der Waals surface area contributed by atoms with Crippen LogP contribution in [0.15, 0.2) is 22.7 Å². The molecule has 1 amide bonds. The number of nitrogens with zero attached hydrogens (tertiary/aromatic N) is 1. The van der Waals surface area contributed by atoms with Crippen molar-refractivity contribution in [3.63, 3.8) is 0 Å². The Balaban J connectivity index is 2.23. The SMILES string of the molecule is CCOC(=O)C(C)(CC1CN(c2ccc(Br)c(C)c2)C(=O)O1)S(C)(=O)=O. The summed E-state index contributed by atoms with van der Waals surface area (Å²) in [5.41, 5.74) is 1.60. The molecule has 2 unspecified atom stereocenters. The molecule has 1 saturated heterocycles. The van der Waals surface area contributed by atoms with Crippen molar-refractivity contribution in [1.29, 1.82) is 0 Å². The molecule has 2 atom stereocenters. The fraction of sp³-hybridized carbons (Fsp3) is 0.529. The van der Waals surface area contributed by atoms with Gasteiger partial charge in [0.15, 0.2) is 14.6 Å². The highest BCUT2D eigenvalue weighted by Crippen LogP contribution is 2.32. The molecule has 1 aliphatic heterocycles. The Kier molecular flexibility index (Phi) is 6.02. The van der Waals surface area contributed by atoms with Crippen molar-refractivity contribution in [3.8, 4) is 0 Å². The van der Waals surface area contributed by atoms with Crippen molar-refractivity contribution in [2.45, 2.75) is 38.0 Å². The molecule has 1 aromatic rings. The molecule has 1 fully saturated rings. The first-order valence-corrected chi connectivity index (χ1v) is 10.8. The summed E-state index contributed by atoms with van der Waals surface area (Å²) in [6.07, 6.45) is -0.495. The van der Waals surface area contributed by atoms with Gasteiger partial charge in [-0.3, -0.25) is 9.69 Å². The second kappa shape index (κ2) is 7.56. The van der Waals surface area contributed by atoms with Crippen LogP contribution in [0.5, 0.6) is 0 Å². The van der Waals surface area contributed by atoms with Crippen LogP contribution in [-0.2, 0) is 24.1 Å². The molecule has 0 spiro atoms. The van der Waals surface area contributed by atoms with E-state index in [0.717, 1.165) is 16.3 Å². The van der Waals surface area contributed by atoms with E-state index in [1.54, 1.807) is 13.0 Å². The Morgan fingerprint density at radius 2 is 2.12 bits per heavy atom. The number of aryl methyl sites for hydroxylation is 1. The van der Waals surface area contributed by atoms with Crippen LogP contribution in [-0.4, -0.2) is 50.7 Å². The molecule has 0 bridgehead atoms. The number of benzene rings is 1. The van der Waals surface area contributed by atoms with Gasteiger partial charge in [0, 0.05) is 22.8 Å². The first-order valence-electron chi connectivity index (χ1n) is 8.10. The molecule has 7 nitrogen and oxygen atoms in total. The van der Waals surface area contributed by atoms with E-state index in [0.29, 0.717) is 5.69 Å². The van der Waals surface area contributed by atoms with Crippen molar-refractivity contribution in [2.75, 3.05) is 24.3 Å². The first-order chi connectivity index (χ1) is 12.0. The van der Waals surface area contributed by atoms with Crippen LogP contribution in [0.4, 0.5) is 10.5 Å². The van der Waals surface area contributed by atoms with Crippen LogP contribution >= 0.6 is 15.9 Å². The third-order valence-corrected chi connectivity index (χ3v) is 7.33. The van der Waals surface area contributed by atoms with Crippen LogP contribution in [0.3, 0.4) is 0 Å². The quantitative estimate of drug-likeness (QED) is 0.622. The third kappa shape index (κ3) is 4.03. The van der Waals surface area contributed by atoms with Gasteiger partial charge in [-0.05, 0) is 44.5 Å². The molecule has 26 heavy (non-hydrogen) atoms. The third-order valence-electron chi connectivity index (χ3n) is 4.47. The van der Waals surface area contributed by atoms with Crippen LogP contribution in [0.25, 0.3) is 0 Å². The molecular formula is C17H22BrNO6S. The van der Waals surface area contributed by atoms with Crippen molar-refractivity contribution >= 4 is 43.5 Å². The molecule has 144 valence electrons. The number of carbonyl (C=O) groups excluding carboxylic acids is 2. The number of halogens is 1. The topological polar surface area (TPSA) is 90.0 Å².